The second-order valence-electron chi connectivity index (χ2n) is 5.44. The summed E-state index contributed by atoms with van der Waals surface area (Å²) in [6, 6.07) is 11.1. The molecule has 0 aliphatic rings. The number of halogens is 1. The normalized spacial score (nSPS) is 11.7. The summed E-state index contributed by atoms with van der Waals surface area (Å²) in [6.45, 7) is 4.30. The molecule has 0 spiro atoms. The first-order valence-electron chi connectivity index (χ1n) is 7.81. The highest BCUT2D eigenvalue weighted by molar-refractivity contribution is 5.95. The van der Waals surface area contributed by atoms with Crippen molar-refractivity contribution in [2.75, 3.05) is 20.8 Å². The average Bonchev–Trinajstić information content (AvgIpc) is 2.61. The Morgan fingerprint density at radius 2 is 1.83 bits per heavy atom. The quantitative estimate of drug-likeness (QED) is 0.801. The van der Waals surface area contributed by atoms with E-state index >= 15 is 0 Å². The zero-order chi connectivity index (χ0) is 17.7. The second-order valence-corrected chi connectivity index (χ2v) is 5.44. The van der Waals surface area contributed by atoms with Crippen LogP contribution in [0.4, 0.5) is 4.39 Å². The van der Waals surface area contributed by atoms with Crippen LogP contribution in [0.1, 0.15) is 35.8 Å². The number of amides is 1. The highest BCUT2D eigenvalue weighted by Gasteiger charge is 2.20. The van der Waals surface area contributed by atoms with Crippen LogP contribution in [0.5, 0.6) is 11.5 Å². The van der Waals surface area contributed by atoms with Crippen molar-refractivity contribution in [1.82, 2.24) is 4.90 Å². The fourth-order valence-electron chi connectivity index (χ4n) is 2.42. The second kappa shape index (κ2) is 7.81. The predicted molar refractivity (Wildman–Crippen MR) is 91.1 cm³/mol. The summed E-state index contributed by atoms with van der Waals surface area (Å²) in [7, 11) is 3.26. The van der Waals surface area contributed by atoms with Gasteiger partial charge in [-0.2, -0.15) is 0 Å². The molecule has 2 aromatic carbocycles. The Kier molecular flexibility index (Phi) is 5.79. The van der Waals surface area contributed by atoms with Crippen molar-refractivity contribution in [3.63, 3.8) is 0 Å². The monoisotopic (exact) mass is 331 g/mol. The van der Waals surface area contributed by atoms with Crippen molar-refractivity contribution >= 4 is 5.91 Å². The first kappa shape index (κ1) is 17.8. The van der Waals surface area contributed by atoms with Crippen LogP contribution >= 0.6 is 0 Å². The number of carbonyl (C=O) groups excluding carboxylic acids is 1. The third-order valence-corrected chi connectivity index (χ3v) is 3.96. The molecule has 0 aromatic heterocycles. The van der Waals surface area contributed by atoms with Crippen LogP contribution in [0.2, 0.25) is 0 Å². The Bertz CT molecular complexity index is 700. The van der Waals surface area contributed by atoms with E-state index in [4.69, 9.17) is 9.47 Å². The number of rotatable bonds is 6. The fourth-order valence-corrected chi connectivity index (χ4v) is 2.42. The summed E-state index contributed by atoms with van der Waals surface area (Å²) in [5.74, 6) is 0.681. The highest BCUT2D eigenvalue weighted by Crippen LogP contribution is 2.29. The molecule has 0 fully saturated rings. The highest BCUT2D eigenvalue weighted by atomic mass is 19.1. The number of nitrogens with zero attached hydrogens (tertiary/aromatic N) is 1. The van der Waals surface area contributed by atoms with Crippen molar-refractivity contribution in [3.05, 3.63) is 59.4 Å². The van der Waals surface area contributed by atoms with Crippen molar-refractivity contribution < 1.29 is 18.7 Å². The number of hydrogen-bond acceptors (Lipinski definition) is 3. The van der Waals surface area contributed by atoms with E-state index in [2.05, 4.69) is 0 Å². The summed E-state index contributed by atoms with van der Waals surface area (Å²) in [4.78, 5) is 14.3. The van der Waals surface area contributed by atoms with Gasteiger partial charge in [-0.15, -0.1) is 0 Å². The molecule has 0 heterocycles. The van der Waals surface area contributed by atoms with Gasteiger partial charge < -0.3 is 14.4 Å². The molecular formula is C19H22FNO3. The molecule has 1 unspecified atom stereocenters. The molecule has 0 aliphatic heterocycles. The minimum Gasteiger partial charge on any atom is -0.493 e. The van der Waals surface area contributed by atoms with Gasteiger partial charge in [-0.05, 0) is 49.7 Å². The summed E-state index contributed by atoms with van der Waals surface area (Å²) >= 11 is 0. The Labute approximate surface area is 141 Å². The Balaban J connectivity index is 2.22. The molecule has 24 heavy (non-hydrogen) atoms. The summed E-state index contributed by atoms with van der Waals surface area (Å²) < 4.78 is 23.8. The number of hydrogen-bond donors (Lipinski definition) is 0. The van der Waals surface area contributed by atoms with Crippen LogP contribution in [0.15, 0.2) is 42.5 Å². The van der Waals surface area contributed by atoms with Gasteiger partial charge in [0, 0.05) is 12.6 Å². The van der Waals surface area contributed by atoms with E-state index in [1.807, 2.05) is 13.8 Å². The van der Waals surface area contributed by atoms with Gasteiger partial charge in [0.25, 0.3) is 5.91 Å². The lowest BCUT2D eigenvalue weighted by atomic mass is 10.1. The van der Waals surface area contributed by atoms with Gasteiger partial charge in [-0.25, -0.2) is 4.39 Å². The van der Waals surface area contributed by atoms with Crippen molar-refractivity contribution in [2.24, 2.45) is 0 Å². The standard InChI is InChI=1S/C19H22FNO3/c1-5-24-17-11-8-15(12-18(17)23-4)19(22)21(3)13(2)14-6-9-16(20)10-7-14/h6-13H,5H2,1-4H3. The molecule has 0 bridgehead atoms. The maximum atomic E-state index is 13.1. The van der Waals surface area contributed by atoms with E-state index < -0.39 is 0 Å². The molecule has 4 nitrogen and oxygen atoms in total. The van der Waals surface area contributed by atoms with Gasteiger partial charge in [-0.3, -0.25) is 4.79 Å². The maximum absolute atomic E-state index is 13.1. The van der Waals surface area contributed by atoms with Crippen LogP contribution in [0, 0.1) is 5.82 Å². The van der Waals surface area contributed by atoms with Crippen molar-refractivity contribution in [1.29, 1.82) is 0 Å². The molecule has 1 atom stereocenters. The van der Waals surface area contributed by atoms with Gasteiger partial charge in [0.05, 0.1) is 19.8 Å². The number of carbonyl (C=O) groups is 1. The van der Waals surface area contributed by atoms with E-state index in [0.717, 1.165) is 5.56 Å². The largest absolute Gasteiger partial charge is 0.493 e. The minimum absolute atomic E-state index is 0.145. The van der Waals surface area contributed by atoms with Crippen LogP contribution in [0.25, 0.3) is 0 Å². The van der Waals surface area contributed by atoms with Crippen LogP contribution < -0.4 is 9.47 Å². The van der Waals surface area contributed by atoms with Crippen LogP contribution in [-0.2, 0) is 0 Å². The van der Waals surface area contributed by atoms with E-state index in [9.17, 15) is 9.18 Å². The topological polar surface area (TPSA) is 38.8 Å². The average molecular weight is 331 g/mol. The van der Waals surface area contributed by atoms with Gasteiger partial charge in [0.2, 0.25) is 0 Å². The summed E-state index contributed by atoms with van der Waals surface area (Å²) in [5, 5.41) is 0. The van der Waals surface area contributed by atoms with Crippen LogP contribution in [0.3, 0.4) is 0 Å². The number of ether oxygens (including phenoxy) is 2. The molecular weight excluding hydrogens is 309 g/mol. The zero-order valence-corrected chi connectivity index (χ0v) is 14.4. The lowest BCUT2D eigenvalue weighted by Crippen LogP contribution is -2.29. The summed E-state index contributed by atoms with van der Waals surface area (Å²) in [5.41, 5.74) is 1.37. The molecule has 2 rings (SSSR count). The molecule has 0 saturated carbocycles. The molecule has 5 heteroatoms. The summed E-state index contributed by atoms with van der Waals surface area (Å²) in [6.07, 6.45) is 0. The Morgan fingerprint density at radius 1 is 1.17 bits per heavy atom. The molecule has 128 valence electrons. The molecule has 0 saturated heterocycles. The van der Waals surface area contributed by atoms with Gasteiger partial charge >= 0.3 is 0 Å². The minimum atomic E-state index is -0.295. The SMILES string of the molecule is CCOc1ccc(C(=O)N(C)C(C)c2ccc(F)cc2)cc1OC. The lowest BCUT2D eigenvalue weighted by Gasteiger charge is -2.25. The maximum Gasteiger partial charge on any atom is 0.254 e. The number of methoxy groups -OCH3 is 1. The number of benzene rings is 2. The molecule has 0 N–H and O–H groups in total. The van der Waals surface area contributed by atoms with Crippen LogP contribution in [-0.4, -0.2) is 31.6 Å². The van der Waals surface area contributed by atoms with Crippen molar-refractivity contribution in [2.45, 2.75) is 19.9 Å². The molecule has 1 amide bonds. The van der Waals surface area contributed by atoms with E-state index in [-0.39, 0.29) is 17.8 Å². The Hall–Kier alpha value is -2.56. The van der Waals surface area contributed by atoms with Gasteiger partial charge in [-0.1, -0.05) is 12.1 Å². The third-order valence-electron chi connectivity index (χ3n) is 3.96. The fraction of sp³-hybridized carbons (Fsp3) is 0.316. The van der Waals surface area contributed by atoms with Gasteiger partial charge in [0.1, 0.15) is 5.82 Å². The Morgan fingerprint density at radius 3 is 2.42 bits per heavy atom. The third kappa shape index (κ3) is 3.85. The van der Waals surface area contributed by atoms with E-state index in [1.54, 1.807) is 42.3 Å². The van der Waals surface area contributed by atoms with E-state index in [0.29, 0.717) is 23.7 Å². The zero-order valence-electron chi connectivity index (χ0n) is 14.4. The first-order valence-corrected chi connectivity index (χ1v) is 7.81. The predicted octanol–water partition coefficient (Wildman–Crippen LogP) is 4.07. The molecule has 0 aliphatic carbocycles. The smallest absolute Gasteiger partial charge is 0.254 e. The lowest BCUT2D eigenvalue weighted by molar-refractivity contribution is 0.0742. The van der Waals surface area contributed by atoms with Gasteiger partial charge in [0.15, 0.2) is 11.5 Å². The molecule has 2 aromatic rings. The van der Waals surface area contributed by atoms with Crippen molar-refractivity contribution in [3.8, 4) is 11.5 Å². The first-order chi connectivity index (χ1) is 11.5. The molecule has 0 radical (unpaired) electrons. The van der Waals surface area contributed by atoms with E-state index in [1.165, 1.54) is 19.2 Å².